The Hall–Kier alpha value is -1.59. The van der Waals surface area contributed by atoms with Gasteiger partial charge in [-0.2, -0.15) is 0 Å². The highest BCUT2D eigenvalue weighted by molar-refractivity contribution is 5.74. The van der Waals surface area contributed by atoms with Gasteiger partial charge in [-0.05, 0) is 31.4 Å². The fraction of sp³-hybridized carbons (Fsp3) is 0.611. The summed E-state index contributed by atoms with van der Waals surface area (Å²) in [6.45, 7) is 6.05. The van der Waals surface area contributed by atoms with Gasteiger partial charge in [-0.3, -0.25) is 4.90 Å². The van der Waals surface area contributed by atoms with Gasteiger partial charge in [0.25, 0.3) is 0 Å². The lowest BCUT2D eigenvalue weighted by molar-refractivity contribution is 0.154. The Labute approximate surface area is 139 Å². The zero-order chi connectivity index (χ0) is 16.5. The molecular weight excluding hydrogens is 290 g/mol. The highest BCUT2D eigenvalue weighted by Gasteiger charge is 2.23. The number of benzene rings is 1. The number of likely N-dealkylation sites (tertiary alicyclic amines) is 1. The first-order valence-corrected chi connectivity index (χ1v) is 8.65. The third-order valence-corrected chi connectivity index (χ3v) is 4.23. The maximum atomic E-state index is 12.3. The van der Waals surface area contributed by atoms with Gasteiger partial charge in [-0.25, -0.2) is 4.79 Å². The van der Waals surface area contributed by atoms with Gasteiger partial charge in [-0.15, -0.1) is 0 Å². The quantitative estimate of drug-likeness (QED) is 0.809. The molecule has 2 amide bonds. The Morgan fingerprint density at radius 3 is 2.83 bits per heavy atom. The lowest BCUT2D eigenvalue weighted by Crippen LogP contribution is -2.52. The number of piperidine rings is 1. The van der Waals surface area contributed by atoms with Gasteiger partial charge >= 0.3 is 6.03 Å². The minimum Gasteiger partial charge on any atom is -0.395 e. The Balaban J connectivity index is 1.84. The molecule has 1 unspecified atom stereocenters. The number of nitrogens with zero attached hydrogens (tertiary/aromatic N) is 2. The first kappa shape index (κ1) is 17.8. The number of hydrogen-bond donors (Lipinski definition) is 2. The molecule has 0 aromatic heterocycles. The maximum absolute atomic E-state index is 12.3. The van der Waals surface area contributed by atoms with Crippen molar-refractivity contribution >= 4 is 6.03 Å². The summed E-state index contributed by atoms with van der Waals surface area (Å²) in [7, 11) is 0. The average Bonchev–Trinajstić information content (AvgIpc) is 2.56. The molecule has 2 N–H and O–H groups in total. The summed E-state index contributed by atoms with van der Waals surface area (Å²) in [5.41, 5.74) is 1.31. The summed E-state index contributed by atoms with van der Waals surface area (Å²) in [5.74, 6) is 0. The lowest BCUT2D eigenvalue weighted by Gasteiger charge is -2.34. The summed E-state index contributed by atoms with van der Waals surface area (Å²) in [4.78, 5) is 16.4. The first-order chi connectivity index (χ1) is 11.2. The van der Waals surface area contributed by atoms with Crippen LogP contribution in [0, 0.1) is 0 Å². The minimum atomic E-state index is -0.0486. The van der Waals surface area contributed by atoms with Crippen LogP contribution < -0.4 is 5.32 Å². The van der Waals surface area contributed by atoms with Gasteiger partial charge in [0.05, 0.1) is 6.61 Å². The number of urea groups is 1. The maximum Gasteiger partial charge on any atom is 0.317 e. The largest absolute Gasteiger partial charge is 0.395 e. The Morgan fingerprint density at radius 2 is 2.13 bits per heavy atom. The molecule has 0 aliphatic carbocycles. The number of aliphatic hydroxyl groups excluding tert-OH is 1. The molecule has 1 aromatic carbocycles. The third kappa shape index (κ3) is 5.84. The molecule has 5 nitrogen and oxygen atoms in total. The van der Waals surface area contributed by atoms with Crippen LogP contribution in [-0.4, -0.2) is 59.8 Å². The van der Waals surface area contributed by atoms with E-state index in [-0.39, 0.29) is 18.7 Å². The molecule has 0 spiro atoms. The smallest absolute Gasteiger partial charge is 0.317 e. The van der Waals surface area contributed by atoms with E-state index in [2.05, 4.69) is 34.5 Å². The van der Waals surface area contributed by atoms with Crippen molar-refractivity contribution < 1.29 is 9.90 Å². The van der Waals surface area contributed by atoms with E-state index in [1.165, 1.54) is 5.56 Å². The van der Waals surface area contributed by atoms with Crippen molar-refractivity contribution in [2.75, 3.05) is 32.8 Å². The van der Waals surface area contributed by atoms with Crippen LogP contribution in [0.25, 0.3) is 0 Å². The van der Waals surface area contributed by atoms with Crippen molar-refractivity contribution in [3.05, 3.63) is 35.9 Å². The molecule has 23 heavy (non-hydrogen) atoms. The summed E-state index contributed by atoms with van der Waals surface area (Å²) >= 11 is 0. The summed E-state index contributed by atoms with van der Waals surface area (Å²) in [5, 5.41) is 12.2. The molecule has 0 radical (unpaired) electrons. The fourth-order valence-corrected chi connectivity index (χ4v) is 3.13. The van der Waals surface area contributed by atoms with Gasteiger partial charge in [-0.1, -0.05) is 37.3 Å². The minimum absolute atomic E-state index is 0.0121. The molecule has 1 aromatic rings. The van der Waals surface area contributed by atoms with Crippen LogP contribution in [0.5, 0.6) is 0 Å². The summed E-state index contributed by atoms with van der Waals surface area (Å²) in [6, 6.07) is 10.6. The molecule has 1 aliphatic heterocycles. The molecular formula is C18H29N3O2. The molecule has 2 rings (SSSR count). The molecule has 0 bridgehead atoms. The van der Waals surface area contributed by atoms with E-state index < -0.39 is 0 Å². The second kappa shape index (κ2) is 9.53. The number of carbonyl (C=O) groups excluding carboxylic acids is 1. The van der Waals surface area contributed by atoms with Crippen LogP contribution in [0.1, 0.15) is 31.7 Å². The van der Waals surface area contributed by atoms with Crippen LogP contribution in [-0.2, 0) is 6.54 Å². The van der Waals surface area contributed by atoms with Crippen molar-refractivity contribution in [3.63, 3.8) is 0 Å². The van der Waals surface area contributed by atoms with Crippen LogP contribution in [0.15, 0.2) is 30.3 Å². The molecule has 1 saturated heterocycles. The van der Waals surface area contributed by atoms with E-state index in [0.29, 0.717) is 13.1 Å². The van der Waals surface area contributed by atoms with Crippen LogP contribution in [0.3, 0.4) is 0 Å². The number of amides is 2. The van der Waals surface area contributed by atoms with Crippen LogP contribution in [0.2, 0.25) is 0 Å². The van der Waals surface area contributed by atoms with E-state index in [0.717, 1.165) is 38.9 Å². The Morgan fingerprint density at radius 1 is 1.35 bits per heavy atom. The number of carbonyl (C=O) groups is 1. The summed E-state index contributed by atoms with van der Waals surface area (Å²) < 4.78 is 0. The number of rotatable bonds is 7. The van der Waals surface area contributed by atoms with Gasteiger partial charge in [0, 0.05) is 32.2 Å². The van der Waals surface area contributed by atoms with Crippen LogP contribution in [0.4, 0.5) is 4.79 Å². The van der Waals surface area contributed by atoms with Crippen LogP contribution >= 0.6 is 0 Å². The number of aliphatic hydroxyl groups is 1. The Kier molecular flexibility index (Phi) is 7.36. The van der Waals surface area contributed by atoms with Crippen molar-refractivity contribution in [1.82, 2.24) is 15.1 Å². The standard InChI is InChI=1S/C18H29N3O2/c1-2-10-21(12-13-22)18(23)19-17-9-6-11-20(15-17)14-16-7-4-3-5-8-16/h3-5,7-8,17,22H,2,6,9-15H2,1H3,(H,19,23). The monoisotopic (exact) mass is 319 g/mol. The normalized spacial score (nSPS) is 18.6. The average molecular weight is 319 g/mol. The first-order valence-electron chi connectivity index (χ1n) is 8.65. The van der Waals surface area contributed by atoms with E-state index in [9.17, 15) is 4.79 Å². The van der Waals surface area contributed by atoms with Gasteiger partial charge in [0.2, 0.25) is 0 Å². The van der Waals surface area contributed by atoms with E-state index in [4.69, 9.17) is 5.11 Å². The predicted octanol–water partition coefficient (Wildman–Crippen LogP) is 2.06. The lowest BCUT2D eigenvalue weighted by atomic mass is 10.0. The highest BCUT2D eigenvalue weighted by atomic mass is 16.3. The highest BCUT2D eigenvalue weighted by Crippen LogP contribution is 2.14. The molecule has 5 heteroatoms. The molecule has 1 heterocycles. The van der Waals surface area contributed by atoms with Gasteiger partial charge < -0.3 is 15.3 Å². The summed E-state index contributed by atoms with van der Waals surface area (Å²) in [6.07, 6.45) is 3.03. The van der Waals surface area contributed by atoms with Gasteiger partial charge in [0.1, 0.15) is 0 Å². The van der Waals surface area contributed by atoms with Gasteiger partial charge in [0.15, 0.2) is 0 Å². The molecule has 1 fully saturated rings. The third-order valence-electron chi connectivity index (χ3n) is 4.23. The molecule has 128 valence electrons. The Bertz CT molecular complexity index is 461. The molecule has 1 aliphatic rings. The second-order valence-electron chi connectivity index (χ2n) is 6.22. The van der Waals surface area contributed by atoms with E-state index in [1.807, 2.05) is 13.0 Å². The zero-order valence-corrected chi connectivity index (χ0v) is 14.1. The molecule has 0 saturated carbocycles. The fourth-order valence-electron chi connectivity index (χ4n) is 3.13. The van der Waals surface area contributed by atoms with Crippen molar-refractivity contribution in [2.24, 2.45) is 0 Å². The van der Waals surface area contributed by atoms with E-state index >= 15 is 0 Å². The zero-order valence-electron chi connectivity index (χ0n) is 14.1. The molecule has 1 atom stereocenters. The van der Waals surface area contributed by atoms with Crippen molar-refractivity contribution in [1.29, 1.82) is 0 Å². The van der Waals surface area contributed by atoms with Crippen molar-refractivity contribution in [2.45, 2.75) is 38.8 Å². The SMILES string of the molecule is CCCN(CCO)C(=O)NC1CCCN(Cc2ccccc2)C1. The van der Waals surface area contributed by atoms with Crippen molar-refractivity contribution in [3.8, 4) is 0 Å². The predicted molar refractivity (Wildman–Crippen MR) is 92.2 cm³/mol. The second-order valence-corrected chi connectivity index (χ2v) is 6.22. The van der Waals surface area contributed by atoms with E-state index in [1.54, 1.807) is 4.90 Å². The number of nitrogens with one attached hydrogen (secondary N) is 1. The topological polar surface area (TPSA) is 55.8 Å². The number of hydrogen-bond acceptors (Lipinski definition) is 3.